The first-order valence-corrected chi connectivity index (χ1v) is 10.7. The molecule has 30 heavy (non-hydrogen) atoms. The van der Waals surface area contributed by atoms with Crippen LogP contribution in [-0.4, -0.2) is 37.6 Å². The number of hydrogen-bond acceptors (Lipinski definition) is 3. The molecule has 3 aromatic rings. The van der Waals surface area contributed by atoms with Crippen molar-refractivity contribution in [2.45, 2.75) is 19.4 Å². The van der Waals surface area contributed by atoms with Gasteiger partial charge in [0.2, 0.25) is 0 Å². The predicted molar refractivity (Wildman–Crippen MR) is 121 cm³/mol. The number of anilines is 1. The summed E-state index contributed by atoms with van der Waals surface area (Å²) in [5, 5.41) is 0. The first-order chi connectivity index (χ1) is 14.7. The number of rotatable bonds is 7. The third-order valence-electron chi connectivity index (χ3n) is 5.73. The van der Waals surface area contributed by atoms with Crippen LogP contribution >= 0.6 is 0 Å². The standard InChI is InChI=1S/C26H29FN2O/c1-21-12-13-24(27)26(20-21)30-25(22-8-4-2-5-9-22)14-15-28-16-18-29(19-17-28)23-10-6-3-7-11-23/h2-13,20,25H,14-19H2,1H3. The highest BCUT2D eigenvalue weighted by molar-refractivity contribution is 5.46. The minimum absolute atomic E-state index is 0.172. The molecule has 0 saturated carbocycles. The van der Waals surface area contributed by atoms with Gasteiger partial charge < -0.3 is 9.64 Å². The number of para-hydroxylation sites is 1. The number of hydrogen-bond donors (Lipinski definition) is 0. The molecular formula is C26H29FN2O. The van der Waals surface area contributed by atoms with Crippen LogP contribution in [0.3, 0.4) is 0 Å². The summed E-state index contributed by atoms with van der Waals surface area (Å²) < 4.78 is 20.5. The van der Waals surface area contributed by atoms with E-state index in [1.165, 1.54) is 11.8 Å². The average molecular weight is 405 g/mol. The second-order valence-corrected chi connectivity index (χ2v) is 7.90. The van der Waals surface area contributed by atoms with Gasteiger partial charge in [-0.1, -0.05) is 54.6 Å². The molecule has 156 valence electrons. The Hall–Kier alpha value is -2.85. The molecule has 1 heterocycles. The maximum absolute atomic E-state index is 14.3. The lowest BCUT2D eigenvalue weighted by atomic mass is 10.1. The summed E-state index contributed by atoms with van der Waals surface area (Å²) in [7, 11) is 0. The molecule has 0 radical (unpaired) electrons. The van der Waals surface area contributed by atoms with Crippen molar-refractivity contribution in [1.29, 1.82) is 0 Å². The van der Waals surface area contributed by atoms with Gasteiger partial charge in [0.15, 0.2) is 11.6 Å². The van der Waals surface area contributed by atoms with E-state index in [0.717, 1.165) is 50.3 Å². The molecule has 3 aromatic carbocycles. The summed E-state index contributed by atoms with van der Waals surface area (Å²) in [6.45, 7) is 6.97. The van der Waals surface area contributed by atoms with E-state index in [-0.39, 0.29) is 11.9 Å². The van der Waals surface area contributed by atoms with Crippen LogP contribution in [-0.2, 0) is 0 Å². The molecule has 0 amide bonds. The molecule has 0 bridgehead atoms. The molecule has 4 heteroatoms. The fraction of sp³-hybridized carbons (Fsp3) is 0.308. The van der Waals surface area contributed by atoms with Crippen LogP contribution in [0, 0.1) is 12.7 Å². The number of benzene rings is 3. The largest absolute Gasteiger partial charge is 0.483 e. The van der Waals surface area contributed by atoms with Gasteiger partial charge in [0, 0.05) is 44.8 Å². The number of nitrogens with zero attached hydrogens (tertiary/aromatic N) is 2. The van der Waals surface area contributed by atoms with E-state index in [0.29, 0.717) is 5.75 Å². The van der Waals surface area contributed by atoms with E-state index in [9.17, 15) is 4.39 Å². The van der Waals surface area contributed by atoms with Crippen molar-refractivity contribution < 1.29 is 9.13 Å². The maximum atomic E-state index is 14.3. The molecule has 1 fully saturated rings. The minimum Gasteiger partial charge on any atom is -0.483 e. The Balaban J connectivity index is 1.39. The second-order valence-electron chi connectivity index (χ2n) is 7.90. The van der Waals surface area contributed by atoms with E-state index in [4.69, 9.17) is 4.74 Å². The van der Waals surface area contributed by atoms with Gasteiger partial charge in [0.1, 0.15) is 6.10 Å². The van der Waals surface area contributed by atoms with Crippen LogP contribution in [0.2, 0.25) is 0 Å². The normalized spacial score (nSPS) is 15.7. The fourth-order valence-corrected chi connectivity index (χ4v) is 3.98. The third kappa shape index (κ3) is 5.19. The van der Waals surface area contributed by atoms with E-state index < -0.39 is 0 Å². The number of ether oxygens (including phenoxy) is 1. The van der Waals surface area contributed by atoms with E-state index in [1.54, 1.807) is 12.1 Å². The minimum atomic E-state index is -0.307. The van der Waals surface area contributed by atoms with E-state index in [1.807, 2.05) is 25.1 Å². The van der Waals surface area contributed by atoms with E-state index >= 15 is 0 Å². The molecule has 0 aromatic heterocycles. The molecule has 0 N–H and O–H groups in total. The Morgan fingerprint density at radius 3 is 2.23 bits per heavy atom. The van der Waals surface area contributed by atoms with Crippen molar-refractivity contribution in [3.05, 3.63) is 95.8 Å². The zero-order valence-electron chi connectivity index (χ0n) is 17.5. The molecule has 1 unspecified atom stereocenters. The van der Waals surface area contributed by atoms with Gasteiger partial charge in [-0.25, -0.2) is 4.39 Å². The van der Waals surface area contributed by atoms with Gasteiger partial charge in [-0.05, 0) is 42.3 Å². The highest BCUT2D eigenvalue weighted by Gasteiger charge is 2.21. The first-order valence-electron chi connectivity index (χ1n) is 10.7. The van der Waals surface area contributed by atoms with Crippen molar-refractivity contribution in [1.82, 2.24) is 4.90 Å². The van der Waals surface area contributed by atoms with Gasteiger partial charge in [0.05, 0.1) is 0 Å². The zero-order chi connectivity index (χ0) is 20.8. The van der Waals surface area contributed by atoms with Gasteiger partial charge in [-0.3, -0.25) is 4.90 Å². The average Bonchev–Trinajstić information content (AvgIpc) is 2.80. The van der Waals surface area contributed by atoms with Crippen molar-refractivity contribution in [3.8, 4) is 5.75 Å². The molecule has 1 saturated heterocycles. The van der Waals surface area contributed by atoms with Crippen molar-refractivity contribution in [2.75, 3.05) is 37.6 Å². The van der Waals surface area contributed by atoms with Crippen LogP contribution < -0.4 is 9.64 Å². The lowest BCUT2D eigenvalue weighted by Gasteiger charge is -2.36. The quantitative estimate of drug-likeness (QED) is 0.520. The lowest BCUT2D eigenvalue weighted by Crippen LogP contribution is -2.46. The Kier molecular flexibility index (Phi) is 6.65. The number of aryl methyl sites for hydroxylation is 1. The van der Waals surface area contributed by atoms with Gasteiger partial charge >= 0.3 is 0 Å². The first kappa shape index (κ1) is 20.4. The SMILES string of the molecule is Cc1ccc(F)c(OC(CCN2CCN(c3ccccc3)CC2)c2ccccc2)c1. The molecular weight excluding hydrogens is 375 g/mol. The molecule has 3 nitrogen and oxygen atoms in total. The summed E-state index contributed by atoms with van der Waals surface area (Å²) in [6.07, 6.45) is 0.651. The Morgan fingerprint density at radius 1 is 0.867 bits per heavy atom. The summed E-state index contributed by atoms with van der Waals surface area (Å²) in [5.41, 5.74) is 3.37. The van der Waals surface area contributed by atoms with Gasteiger partial charge in [-0.2, -0.15) is 0 Å². The Morgan fingerprint density at radius 2 is 1.53 bits per heavy atom. The molecule has 0 spiro atoms. The van der Waals surface area contributed by atoms with Crippen LogP contribution in [0.15, 0.2) is 78.9 Å². The summed E-state index contributed by atoms with van der Waals surface area (Å²) in [5.74, 6) is 0.0238. The monoisotopic (exact) mass is 404 g/mol. The summed E-state index contributed by atoms with van der Waals surface area (Å²) >= 11 is 0. The van der Waals surface area contributed by atoms with Crippen LogP contribution in [0.4, 0.5) is 10.1 Å². The van der Waals surface area contributed by atoms with Crippen molar-refractivity contribution in [2.24, 2.45) is 0 Å². The molecule has 4 rings (SSSR count). The van der Waals surface area contributed by atoms with Crippen LogP contribution in [0.5, 0.6) is 5.75 Å². The van der Waals surface area contributed by atoms with Crippen molar-refractivity contribution in [3.63, 3.8) is 0 Å². The van der Waals surface area contributed by atoms with Crippen molar-refractivity contribution >= 4 is 5.69 Å². The van der Waals surface area contributed by atoms with Gasteiger partial charge in [-0.15, -0.1) is 0 Å². The third-order valence-corrected chi connectivity index (χ3v) is 5.73. The topological polar surface area (TPSA) is 15.7 Å². The summed E-state index contributed by atoms with van der Waals surface area (Å²) in [6, 6.07) is 25.8. The molecule has 1 aliphatic heterocycles. The maximum Gasteiger partial charge on any atom is 0.165 e. The predicted octanol–water partition coefficient (Wildman–Crippen LogP) is 5.47. The molecule has 0 aliphatic carbocycles. The Labute approximate surface area is 178 Å². The zero-order valence-corrected chi connectivity index (χ0v) is 17.5. The smallest absolute Gasteiger partial charge is 0.165 e. The number of halogens is 1. The number of piperazine rings is 1. The molecule has 1 aliphatic rings. The highest BCUT2D eigenvalue weighted by Crippen LogP contribution is 2.28. The molecule has 1 atom stereocenters. The summed E-state index contributed by atoms with van der Waals surface area (Å²) in [4.78, 5) is 4.91. The Bertz CT molecular complexity index is 924. The highest BCUT2D eigenvalue weighted by atomic mass is 19.1. The fourth-order valence-electron chi connectivity index (χ4n) is 3.98. The lowest BCUT2D eigenvalue weighted by molar-refractivity contribution is 0.155. The van der Waals surface area contributed by atoms with Crippen LogP contribution in [0.1, 0.15) is 23.7 Å². The second kappa shape index (κ2) is 9.77. The van der Waals surface area contributed by atoms with E-state index in [2.05, 4.69) is 52.3 Å². The van der Waals surface area contributed by atoms with Crippen LogP contribution in [0.25, 0.3) is 0 Å². The van der Waals surface area contributed by atoms with Gasteiger partial charge in [0.25, 0.3) is 0 Å².